The highest BCUT2D eigenvalue weighted by molar-refractivity contribution is 5.73. The van der Waals surface area contributed by atoms with Gasteiger partial charge in [-0.3, -0.25) is 0 Å². The Hall–Kier alpha value is -4.81. The number of alkyl halides is 3. The van der Waals surface area contributed by atoms with Crippen LogP contribution in [-0.4, -0.2) is 51.2 Å². The number of methoxy groups -OCH3 is 2. The summed E-state index contributed by atoms with van der Waals surface area (Å²) in [7, 11) is 3.20. The topological polar surface area (TPSA) is 123 Å². The van der Waals surface area contributed by atoms with E-state index in [4.69, 9.17) is 19.4 Å². The fourth-order valence-corrected chi connectivity index (χ4v) is 3.24. The van der Waals surface area contributed by atoms with E-state index in [9.17, 15) is 13.2 Å². The van der Waals surface area contributed by atoms with E-state index in [0.29, 0.717) is 23.3 Å². The van der Waals surface area contributed by atoms with Gasteiger partial charge in [0.15, 0.2) is 11.5 Å². The molecule has 13 heteroatoms. The lowest BCUT2D eigenvalue weighted by atomic mass is 10.2. The Morgan fingerprint density at radius 3 is 2.29 bits per heavy atom. The first kappa shape index (κ1) is 27.8. The second-order valence-electron chi connectivity index (χ2n) is 7.76. The molecule has 38 heavy (non-hydrogen) atoms. The van der Waals surface area contributed by atoms with Crippen molar-refractivity contribution in [2.24, 2.45) is 0 Å². The first-order valence-electron chi connectivity index (χ1n) is 11.0. The molecule has 3 N–H and O–H groups in total. The molecule has 0 radical (unpaired) electrons. The van der Waals surface area contributed by atoms with Crippen LogP contribution in [0.1, 0.15) is 11.3 Å². The molecule has 2 aromatic heterocycles. The number of para-hydroxylation sites is 1. The zero-order chi connectivity index (χ0) is 27.9. The average molecular weight is 531 g/mol. The van der Waals surface area contributed by atoms with Gasteiger partial charge in [0, 0.05) is 24.0 Å². The molecule has 0 fully saturated rings. The highest BCUT2D eigenvalue weighted by Gasteiger charge is 2.38. The number of anilines is 4. The number of ether oxygens (including phenoxy) is 2. The highest BCUT2D eigenvalue weighted by atomic mass is 19.4. The Balaban J connectivity index is 0.000000505. The van der Waals surface area contributed by atoms with Gasteiger partial charge in [-0.2, -0.15) is 23.3 Å². The molecule has 0 aliphatic heterocycles. The Bertz CT molecular complexity index is 1410. The minimum absolute atomic E-state index is 0.455. The van der Waals surface area contributed by atoms with Crippen molar-refractivity contribution in [2.45, 2.75) is 20.0 Å². The molecule has 0 aliphatic rings. The number of carbonyl (C=O) groups is 1. The standard InChI is InChI=1S/C23H24N6O2.C2HF3O2/c1-15-7-5-6-8-18(15)29-22(13-16(2)28-29)26-21-11-12-24-23(27-21)25-17-9-10-19(30-3)20(14-17)31-4;3-2(4,5)1(6)7/h5-14H,1-4H3,(H2,24,25,26,27);(H,6,7). The van der Waals surface area contributed by atoms with Crippen LogP contribution in [0, 0.1) is 13.8 Å². The van der Waals surface area contributed by atoms with Gasteiger partial charge in [0.25, 0.3) is 0 Å². The third-order valence-corrected chi connectivity index (χ3v) is 4.97. The summed E-state index contributed by atoms with van der Waals surface area (Å²) in [6, 6.07) is 17.4. The molecular weight excluding hydrogens is 505 g/mol. The minimum Gasteiger partial charge on any atom is -0.493 e. The van der Waals surface area contributed by atoms with Crippen LogP contribution in [-0.2, 0) is 4.79 Å². The number of nitrogens with one attached hydrogen (secondary N) is 2. The van der Waals surface area contributed by atoms with Gasteiger partial charge < -0.3 is 25.2 Å². The quantitative estimate of drug-likeness (QED) is 0.287. The molecule has 4 aromatic rings. The van der Waals surface area contributed by atoms with Crippen LogP contribution < -0.4 is 20.1 Å². The lowest BCUT2D eigenvalue weighted by Gasteiger charge is -2.13. The van der Waals surface area contributed by atoms with E-state index in [1.54, 1.807) is 20.4 Å². The fraction of sp³-hybridized carbons (Fsp3) is 0.200. The maximum Gasteiger partial charge on any atom is 0.490 e. The summed E-state index contributed by atoms with van der Waals surface area (Å²) >= 11 is 0. The summed E-state index contributed by atoms with van der Waals surface area (Å²) in [6.45, 7) is 4.02. The van der Waals surface area contributed by atoms with Gasteiger partial charge in [-0.1, -0.05) is 18.2 Å². The monoisotopic (exact) mass is 530 g/mol. The maximum absolute atomic E-state index is 10.6. The number of aliphatic carboxylic acids is 1. The Kier molecular flexibility index (Phi) is 8.73. The van der Waals surface area contributed by atoms with Crippen molar-refractivity contribution in [3.05, 3.63) is 72.1 Å². The van der Waals surface area contributed by atoms with Gasteiger partial charge >= 0.3 is 12.1 Å². The SMILES string of the molecule is COc1ccc(Nc2nccc(Nc3cc(C)nn3-c3ccccc3C)n2)cc1OC.O=C(O)C(F)(F)F. The number of nitrogens with zero attached hydrogens (tertiary/aromatic N) is 4. The molecule has 0 spiro atoms. The molecular formula is C25H25F3N6O4. The molecule has 0 saturated carbocycles. The highest BCUT2D eigenvalue weighted by Crippen LogP contribution is 2.31. The second kappa shape index (κ2) is 12.0. The number of carboxylic acid groups (broad SMARTS) is 1. The van der Waals surface area contributed by atoms with Crippen LogP contribution in [0.4, 0.5) is 36.4 Å². The molecule has 0 unspecified atom stereocenters. The molecule has 200 valence electrons. The van der Waals surface area contributed by atoms with Crippen molar-refractivity contribution >= 4 is 29.2 Å². The third-order valence-electron chi connectivity index (χ3n) is 4.97. The number of aryl methyl sites for hydroxylation is 2. The van der Waals surface area contributed by atoms with Crippen LogP contribution in [0.25, 0.3) is 5.69 Å². The van der Waals surface area contributed by atoms with Crippen molar-refractivity contribution in [1.29, 1.82) is 0 Å². The van der Waals surface area contributed by atoms with Crippen molar-refractivity contribution in [2.75, 3.05) is 24.9 Å². The van der Waals surface area contributed by atoms with E-state index < -0.39 is 12.1 Å². The van der Waals surface area contributed by atoms with Crippen molar-refractivity contribution in [3.8, 4) is 17.2 Å². The number of hydrogen-bond donors (Lipinski definition) is 3. The van der Waals surface area contributed by atoms with Crippen LogP contribution in [0.15, 0.2) is 60.8 Å². The molecule has 4 rings (SSSR count). The number of benzene rings is 2. The van der Waals surface area contributed by atoms with Crippen LogP contribution in [0.3, 0.4) is 0 Å². The molecule has 0 atom stereocenters. The fourth-order valence-electron chi connectivity index (χ4n) is 3.24. The number of aromatic nitrogens is 4. The van der Waals surface area contributed by atoms with E-state index in [0.717, 1.165) is 28.5 Å². The Labute approximate surface area is 216 Å². The normalized spacial score (nSPS) is 10.7. The van der Waals surface area contributed by atoms with Gasteiger partial charge in [0.2, 0.25) is 5.95 Å². The molecule has 0 bridgehead atoms. The van der Waals surface area contributed by atoms with E-state index >= 15 is 0 Å². The van der Waals surface area contributed by atoms with E-state index in [-0.39, 0.29) is 0 Å². The summed E-state index contributed by atoms with van der Waals surface area (Å²) in [6.07, 6.45) is -3.39. The lowest BCUT2D eigenvalue weighted by Crippen LogP contribution is -2.21. The van der Waals surface area contributed by atoms with Crippen LogP contribution >= 0.6 is 0 Å². The van der Waals surface area contributed by atoms with Crippen molar-refractivity contribution in [1.82, 2.24) is 19.7 Å². The number of rotatable bonds is 7. The summed E-state index contributed by atoms with van der Waals surface area (Å²) in [5.74, 6) is 0.447. The van der Waals surface area contributed by atoms with Crippen LogP contribution in [0.5, 0.6) is 11.5 Å². The van der Waals surface area contributed by atoms with E-state index in [1.165, 1.54) is 0 Å². The summed E-state index contributed by atoms with van der Waals surface area (Å²) in [5.41, 5.74) is 3.84. The lowest BCUT2D eigenvalue weighted by molar-refractivity contribution is -0.192. The van der Waals surface area contributed by atoms with Gasteiger partial charge in [-0.15, -0.1) is 0 Å². The Morgan fingerprint density at radius 2 is 1.66 bits per heavy atom. The predicted octanol–water partition coefficient (Wildman–Crippen LogP) is 5.42. The zero-order valence-corrected chi connectivity index (χ0v) is 20.9. The summed E-state index contributed by atoms with van der Waals surface area (Å²) < 4.78 is 44.3. The zero-order valence-electron chi connectivity index (χ0n) is 20.9. The second-order valence-corrected chi connectivity index (χ2v) is 7.76. The minimum atomic E-state index is -5.08. The molecule has 0 amide bonds. The van der Waals surface area contributed by atoms with Gasteiger partial charge in [-0.05, 0) is 43.7 Å². The van der Waals surface area contributed by atoms with Crippen LogP contribution in [0.2, 0.25) is 0 Å². The smallest absolute Gasteiger partial charge is 0.490 e. The van der Waals surface area contributed by atoms with E-state index in [2.05, 4.69) is 38.7 Å². The van der Waals surface area contributed by atoms with Gasteiger partial charge in [0.1, 0.15) is 11.6 Å². The van der Waals surface area contributed by atoms with Crippen molar-refractivity contribution < 1.29 is 32.5 Å². The van der Waals surface area contributed by atoms with E-state index in [1.807, 2.05) is 60.1 Å². The van der Waals surface area contributed by atoms with Gasteiger partial charge in [0.05, 0.1) is 25.6 Å². The molecule has 2 aromatic carbocycles. The summed E-state index contributed by atoms with van der Waals surface area (Å²) in [4.78, 5) is 17.8. The number of halogens is 3. The molecule has 0 aliphatic carbocycles. The first-order valence-corrected chi connectivity index (χ1v) is 11.0. The predicted molar refractivity (Wildman–Crippen MR) is 135 cm³/mol. The number of carboxylic acids is 1. The molecule has 2 heterocycles. The summed E-state index contributed by atoms with van der Waals surface area (Å²) in [5, 5.41) is 18.3. The largest absolute Gasteiger partial charge is 0.493 e. The van der Waals surface area contributed by atoms with Gasteiger partial charge in [-0.25, -0.2) is 14.5 Å². The molecule has 0 saturated heterocycles. The third kappa shape index (κ3) is 7.12. The van der Waals surface area contributed by atoms with Crippen molar-refractivity contribution in [3.63, 3.8) is 0 Å². The maximum atomic E-state index is 10.6. The molecule has 10 nitrogen and oxygen atoms in total. The first-order chi connectivity index (χ1) is 18.0. The number of hydrogen-bond acceptors (Lipinski definition) is 8. The average Bonchev–Trinajstić information content (AvgIpc) is 3.23. The Morgan fingerprint density at radius 1 is 0.974 bits per heavy atom.